The minimum absolute atomic E-state index is 0.0319. The van der Waals surface area contributed by atoms with E-state index in [1.807, 2.05) is 16.7 Å². The summed E-state index contributed by atoms with van der Waals surface area (Å²) in [7, 11) is 0. The number of nitrogens with zero attached hydrogens (tertiary/aromatic N) is 2. The van der Waals surface area contributed by atoms with Crippen molar-refractivity contribution in [2.45, 2.75) is 19.8 Å². The molecule has 0 fully saturated rings. The summed E-state index contributed by atoms with van der Waals surface area (Å²) in [5.74, 6) is 0.217. The number of nitrogens with one attached hydrogen (secondary N) is 2. The number of nitrogens with two attached hydrogens (primary N) is 1. The lowest BCUT2D eigenvalue weighted by Gasteiger charge is -2.07. The minimum atomic E-state index is -0.513. The predicted octanol–water partition coefficient (Wildman–Crippen LogP) is 0.786. The Morgan fingerprint density at radius 2 is 2.37 bits per heavy atom. The van der Waals surface area contributed by atoms with E-state index in [0.29, 0.717) is 11.3 Å². The molecule has 2 aromatic rings. The molecule has 0 bridgehead atoms. The average molecular weight is 263 g/mol. The predicted molar refractivity (Wildman–Crippen MR) is 72.0 cm³/mol. The fraction of sp³-hybridized carbons (Fsp3) is 0.333. The highest BCUT2D eigenvalue weighted by molar-refractivity contribution is 5.80. The summed E-state index contributed by atoms with van der Waals surface area (Å²) >= 11 is 0. The van der Waals surface area contributed by atoms with Gasteiger partial charge in [-0.1, -0.05) is 13.3 Å². The number of anilines is 2. The van der Waals surface area contributed by atoms with Crippen molar-refractivity contribution in [3.05, 3.63) is 24.0 Å². The van der Waals surface area contributed by atoms with Crippen molar-refractivity contribution in [2.75, 3.05) is 17.6 Å². The summed E-state index contributed by atoms with van der Waals surface area (Å²) in [5, 5.41) is 11.5. The highest BCUT2D eigenvalue weighted by Gasteiger charge is 2.13. The number of fused-ring (bicyclic) bond motifs is 1. The molecule has 7 nitrogen and oxygen atoms in total. The van der Waals surface area contributed by atoms with Crippen molar-refractivity contribution >= 4 is 23.1 Å². The van der Waals surface area contributed by atoms with Crippen LogP contribution in [0, 0.1) is 0 Å². The number of hydroxylamine groups is 1. The molecule has 0 radical (unpaired) electrons. The molecule has 2 aromatic heterocycles. The van der Waals surface area contributed by atoms with Gasteiger partial charge >= 0.3 is 0 Å². The molecule has 0 unspecified atom stereocenters. The van der Waals surface area contributed by atoms with Crippen LogP contribution in [0.1, 0.15) is 19.0 Å². The van der Waals surface area contributed by atoms with Gasteiger partial charge in [-0.3, -0.25) is 14.4 Å². The summed E-state index contributed by atoms with van der Waals surface area (Å²) in [6.45, 7) is 2.02. The van der Waals surface area contributed by atoms with Crippen molar-refractivity contribution in [2.24, 2.45) is 0 Å². The van der Waals surface area contributed by atoms with Crippen LogP contribution in [0.25, 0.3) is 5.65 Å². The number of aromatic nitrogens is 2. The molecule has 102 valence electrons. The smallest absolute Gasteiger partial charge is 0.262 e. The maximum absolute atomic E-state index is 11.1. The van der Waals surface area contributed by atoms with E-state index in [2.05, 4.69) is 17.2 Å². The molecule has 0 spiro atoms. The molecule has 0 aliphatic carbocycles. The van der Waals surface area contributed by atoms with Crippen molar-refractivity contribution < 1.29 is 10.0 Å². The van der Waals surface area contributed by atoms with Crippen molar-refractivity contribution in [1.82, 2.24) is 14.9 Å². The number of carbonyl (C=O) groups excluding carboxylic acids is 1. The van der Waals surface area contributed by atoms with Crippen LogP contribution in [-0.2, 0) is 11.2 Å². The van der Waals surface area contributed by atoms with Crippen LogP contribution in [0.3, 0.4) is 0 Å². The standard InChI is InChI=1S/C12H17N5O2/c1-2-4-9-12(14-7-10(18)16-19)17-6-3-5-8(13)11(17)15-9/h3,5-6,14,19H,2,4,7,13H2,1H3,(H,16,18). The molecule has 0 aromatic carbocycles. The van der Waals surface area contributed by atoms with Gasteiger partial charge in [0.05, 0.1) is 17.9 Å². The Balaban J connectivity index is 2.40. The molecule has 0 aliphatic rings. The first-order chi connectivity index (χ1) is 9.17. The number of hydrogen-bond acceptors (Lipinski definition) is 5. The van der Waals surface area contributed by atoms with E-state index < -0.39 is 5.91 Å². The third-order valence-corrected chi connectivity index (χ3v) is 2.78. The fourth-order valence-corrected chi connectivity index (χ4v) is 1.94. The third-order valence-electron chi connectivity index (χ3n) is 2.78. The lowest BCUT2D eigenvalue weighted by atomic mass is 10.2. The molecular formula is C12H17N5O2. The molecule has 5 N–H and O–H groups in total. The molecule has 0 saturated carbocycles. The second kappa shape index (κ2) is 5.57. The number of imidazole rings is 1. The average Bonchev–Trinajstić information content (AvgIpc) is 2.76. The molecule has 2 heterocycles. The van der Waals surface area contributed by atoms with E-state index in [1.54, 1.807) is 11.5 Å². The number of carbonyl (C=O) groups is 1. The van der Waals surface area contributed by atoms with Crippen LogP contribution in [0.4, 0.5) is 11.5 Å². The largest absolute Gasteiger partial charge is 0.396 e. The van der Waals surface area contributed by atoms with E-state index in [-0.39, 0.29) is 6.54 Å². The van der Waals surface area contributed by atoms with Gasteiger partial charge in [-0.15, -0.1) is 0 Å². The molecular weight excluding hydrogens is 246 g/mol. The SMILES string of the molecule is CCCc1nc2c(N)cccn2c1NCC(=O)NO. The Bertz CT molecular complexity index is 593. The van der Waals surface area contributed by atoms with Gasteiger partial charge < -0.3 is 11.1 Å². The molecule has 7 heteroatoms. The van der Waals surface area contributed by atoms with Crippen LogP contribution in [-0.4, -0.2) is 27.0 Å². The minimum Gasteiger partial charge on any atom is -0.396 e. The molecule has 0 saturated heterocycles. The van der Waals surface area contributed by atoms with Gasteiger partial charge in [0.1, 0.15) is 5.82 Å². The molecule has 19 heavy (non-hydrogen) atoms. The summed E-state index contributed by atoms with van der Waals surface area (Å²) in [4.78, 5) is 15.6. The molecule has 2 rings (SSSR count). The highest BCUT2D eigenvalue weighted by atomic mass is 16.5. The van der Waals surface area contributed by atoms with Crippen LogP contribution in [0.2, 0.25) is 0 Å². The fourth-order valence-electron chi connectivity index (χ4n) is 1.94. The van der Waals surface area contributed by atoms with Crippen LogP contribution in [0.5, 0.6) is 0 Å². The maximum atomic E-state index is 11.1. The third kappa shape index (κ3) is 2.60. The lowest BCUT2D eigenvalue weighted by molar-refractivity contribution is -0.127. The van der Waals surface area contributed by atoms with E-state index in [4.69, 9.17) is 10.9 Å². The van der Waals surface area contributed by atoms with Crippen molar-refractivity contribution in [1.29, 1.82) is 0 Å². The second-order valence-electron chi connectivity index (χ2n) is 4.20. The van der Waals surface area contributed by atoms with Crippen LogP contribution in [0.15, 0.2) is 18.3 Å². The zero-order chi connectivity index (χ0) is 13.8. The normalized spacial score (nSPS) is 10.6. The first-order valence-electron chi connectivity index (χ1n) is 6.09. The van der Waals surface area contributed by atoms with Crippen LogP contribution >= 0.6 is 0 Å². The Morgan fingerprint density at radius 3 is 3.05 bits per heavy atom. The molecule has 0 atom stereocenters. The first-order valence-corrected chi connectivity index (χ1v) is 6.09. The maximum Gasteiger partial charge on any atom is 0.262 e. The number of nitrogen functional groups attached to an aromatic ring is 1. The Hall–Kier alpha value is -2.28. The van der Waals surface area contributed by atoms with Gasteiger partial charge in [-0.05, 0) is 18.6 Å². The molecule has 1 amide bonds. The Labute approximate surface area is 110 Å². The summed E-state index contributed by atoms with van der Waals surface area (Å²) in [6.07, 6.45) is 3.55. The number of amides is 1. The van der Waals surface area contributed by atoms with Gasteiger partial charge in [-0.25, -0.2) is 10.5 Å². The monoisotopic (exact) mass is 263 g/mol. The zero-order valence-electron chi connectivity index (χ0n) is 10.7. The van der Waals surface area contributed by atoms with E-state index in [1.165, 1.54) is 0 Å². The number of hydrogen-bond donors (Lipinski definition) is 4. The van der Waals surface area contributed by atoms with Gasteiger partial charge in [0, 0.05) is 6.20 Å². The Morgan fingerprint density at radius 1 is 1.58 bits per heavy atom. The summed E-state index contributed by atoms with van der Waals surface area (Å²) in [5.41, 5.74) is 9.57. The number of pyridine rings is 1. The summed E-state index contributed by atoms with van der Waals surface area (Å²) < 4.78 is 1.81. The van der Waals surface area contributed by atoms with E-state index in [9.17, 15) is 4.79 Å². The first kappa shape index (κ1) is 13.2. The summed E-state index contributed by atoms with van der Waals surface area (Å²) in [6, 6.07) is 3.60. The lowest BCUT2D eigenvalue weighted by Crippen LogP contribution is -2.27. The number of aryl methyl sites for hydroxylation is 1. The van der Waals surface area contributed by atoms with Crippen molar-refractivity contribution in [3.63, 3.8) is 0 Å². The van der Waals surface area contributed by atoms with E-state index in [0.717, 1.165) is 24.4 Å². The van der Waals surface area contributed by atoms with Gasteiger partial charge in [-0.2, -0.15) is 0 Å². The van der Waals surface area contributed by atoms with Crippen molar-refractivity contribution in [3.8, 4) is 0 Å². The quantitative estimate of drug-likeness (QED) is 0.471. The Kier molecular flexibility index (Phi) is 3.86. The highest BCUT2D eigenvalue weighted by Crippen LogP contribution is 2.22. The zero-order valence-corrected chi connectivity index (χ0v) is 10.7. The topological polar surface area (TPSA) is 105 Å². The molecule has 0 aliphatic heterocycles. The van der Waals surface area contributed by atoms with Crippen LogP contribution < -0.4 is 16.5 Å². The van der Waals surface area contributed by atoms with Gasteiger partial charge in [0.2, 0.25) is 0 Å². The number of rotatable bonds is 5. The van der Waals surface area contributed by atoms with E-state index >= 15 is 0 Å². The van der Waals surface area contributed by atoms with Gasteiger partial charge in [0.15, 0.2) is 5.65 Å². The second-order valence-corrected chi connectivity index (χ2v) is 4.20. The van der Waals surface area contributed by atoms with Gasteiger partial charge in [0.25, 0.3) is 5.91 Å².